The van der Waals surface area contributed by atoms with Crippen LogP contribution in [0.25, 0.3) is 10.2 Å². The molecule has 0 saturated carbocycles. The van der Waals surface area contributed by atoms with Crippen LogP contribution in [0.4, 0.5) is 16.5 Å². The summed E-state index contributed by atoms with van der Waals surface area (Å²) >= 11 is 1.63. The van der Waals surface area contributed by atoms with Crippen molar-refractivity contribution in [2.24, 2.45) is 11.8 Å². The van der Waals surface area contributed by atoms with Gasteiger partial charge in [-0.3, -0.25) is 4.98 Å². The number of aromatic nitrogens is 2. The van der Waals surface area contributed by atoms with E-state index < -0.39 is 0 Å². The standard InChI is InChI=1S/C23H32N4S/c1-12(2)8-17-11-19(24)22-21(18(17)9-13(3)4)27-23(28-22)26-20-14(5)10-15(6)25-16(20)7/h10-13H,8-9,24H2,1-7H3,(H,26,27). The van der Waals surface area contributed by atoms with Crippen molar-refractivity contribution in [3.05, 3.63) is 40.2 Å². The van der Waals surface area contributed by atoms with Gasteiger partial charge >= 0.3 is 0 Å². The molecule has 0 unspecified atom stereocenters. The van der Waals surface area contributed by atoms with Crippen LogP contribution in [0, 0.1) is 32.6 Å². The van der Waals surface area contributed by atoms with Gasteiger partial charge in [0.1, 0.15) is 0 Å². The fourth-order valence-electron chi connectivity index (χ4n) is 3.84. The average molecular weight is 397 g/mol. The van der Waals surface area contributed by atoms with E-state index in [1.165, 1.54) is 16.7 Å². The third-order valence-corrected chi connectivity index (χ3v) is 5.91. The van der Waals surface area contributed by atoms with Gasteiger partial charge in [0.05, 0.1) is 27.3 Å². The van der Waals surface area contributed by atoms with E-state index in [1.807, 2.05) is 13.8 Å². The first-order valence-electron chi connectivity index (χ1n) is 10.1. The summed E-state index contributed by atoms with van der Waals surface area (Å²) in [5, 5.41) is 4.39. The van der Waals surface area contributed by atoms with Gasteiger partial charge in [-0.2, -0.15) is 0 Å². The Bertz CT molecular complexity index is 978. The summed E-state index contributed by atoms with van der Waals surface area (Å²) < 4.78 is 1.08. The van der Waals surface area contributed by atoms with Gasteiger partial charge < -0.3 is 11.1 Å². The molecule has 4 nitrogen and oxygen atoms in total. The molecule has 0 amide bonds. The molecular weight excluding hydrogens is 364 g/mol. The molecule has 0 spiro atoms. The summed E-state index contributed by atoms with van der Waals surface area (Å²) in [6, 6.07) is 4.27. The Balaban J connectivity index is 2.11. The van der Waals surface area contributed by atoms with Crippen molar-refractivity contribution in [1.82, 2.24) is 9.97 Å². The number of fused-ring (bicyclic) bond motifs is 1. The van der Waals surface area contributed by atoms with Crippen molar-refractivity contribution in [3.63, 3.8) is 0 Å². The zero-order valence-corrected chi connectivity index (χ0v) is 18.9. The lowest BCUT2D eigenvalue weighted by Gasteiger charge is -2.15. The fraction of sp³-hybridized carbons (Fsp3) is 0.478. The number of hydrogen-bond donors (Lipinski definition) is 2. The van der Waals surface area contributed by atoms with Gasteiger partial charge in [-0.15, -0.1) is 0 Å². The number of rotatable bonds is 6. The minimum atomic E-state index is 0.571. The molecule has 0 radical (unpaired) electrons. The fourth-order valence-corrected chi connectivity index (χ4v) is 4.77. The number of benzene rings is 1. The Morgan fingerprint density at radius 2 is 1.68 bits per heavy atom. The van der Waals surface area contributed by atoms with Crippen LogP contribution in [0.3, 0.4) is 0 Å². The molecule has 0 atom stereocenters. The summed E-state index contributed by atoms with van der Waals surface area (Å²) in [4.78, 5) is 9.59. The molecule has 3 N–H and O–H groups in total. The van der Waals surface area contributed by atoms with Crippen LogP contribution in [-0.2, 0) is 12.8 Å². The van der Waals surface area contributed by atoms with E-state index in [4.69, 9.17) is 10.7 Å². The lowest BCUT2D eigenvalue weighted by Crippen LogP contribution is -2.05. The molecule has 0 fully saturated rings. The number of nitrogens with one attached hydrogen (secondary N) is 1. The first-order valence-corrected chi connectivity index (χ1v) is 10.9. The molecule has 28 heavy (non-hydrogen) atoms. The van der Waals surface area contributed by atoms with Crippen LogP contribution in [0.2, 0.25) is 0 Å². The molecule has 1 aromatic carbocycles. The predicted octanol–water partition coefficient (Wildman–Crippen LogP) is 6.34. The minimum absolute atomic E-state index is 0.571. The quantitative estimate of drug-likeness (QED) is 0.477. The lowest BCUT2D eigenvalue weighted by atomic mass is 9.91. The SMILES string of the molecule is Cc1cc(C)c(Nc2nc3c(CC(C)C)c(CC(C)C)cc(N)c3s2)c(C)n1. The lowest BCUT2D eigenvalue weighted by molar-refractivity contribution is 0.618. The van der Waals surface area contributed by atoms with Crippen molar-refractivity contribution in [1.29, 1.82) is 0 Å². The number of aryl methyl sites for hydroxylation is 3. The number of anilines is 3. The third-order valence-electron chi connectivity index (χ3n) is 4.89. The Hall–Kier alpha value is -2.14. The molecule has 0 saturated heterocycles. The first-order chi connectivity index (χ1) is 13.2. The Labute approximate surface area is 172 Å². The van der Waals surface area contributed by atoms with Gasteiger partial charge in [-0.05, 0) is 74.3 Å². The summed E-state index contributed by atoms with van der Waals surface area (Å²) in [5.74, 6) is 1.16. The highest BCUT2D eigenvalue weighted by Crippen LogP contribution is 2.38. The molecule has 0 bridgehead atoms. The van der Waals surface area contributed by atoms with Gasteiger partial charge in [0.2, 0.25) is 0 Å². The molecule has 2 heterocycles. The minimum Gasteiger partial charge on any atom is -0.398 e. The van der Waals surface area contributed by atoms with E-state index in [1.54, 1.807) is 11.3 Å². The highest BCUT2D eigenvalue weighted by Gasteiger charge is 2.18. The molecule has 0 aliphatic rings. The Morgan fingerprint density at radius 3 is 2.29 bits per heavy atom. The van der Waals surface area contributed by atoms with Crippen LogP contribution < -0.4 is 11.1 Å². The normalized spacial score (nSPS) is 11.8. The van der Waals surface area contributed by atoms with Crippen LogP contribution in [0.5, 0.6) is 0 Å². The van der Waals surface area contributed by atoms with Gasteiger partial charge in [0.25, 0.3) is 0 Å². The molecule has 0 aliphatic heterocycles. The molecule has 2 aromatic heterocycles. The summed E-state index contributed by atoms with van der Waals surface area (Å²) in [6.07, 6.45) is 2.05. The van der Waals surface area contributed by atoms with Crippen molar-refractivity contribution >= 4 is 38.1 Å². The maximum Gasteiger partial charge on any atom is 0.188 e. The zero-order chi connectivity index (χ0) is 20.6. The van der Waals surface area contributed by atoms with E-state index in [-0.39, 0.29) is 0 Å². The number of nitrogen functional groups attached to an aromatic ring is 1. The number of pyridine rings is 1. The maximum atomic E-state index is 6.45. The highest BCUT2D eigenvalue weighted by molar-refractivity contribution is 7.22. The number of nitrogens with two attached hydrogens (primary N) is 1. The Kier molecular flexibility index (Phi) is 5.94. The number of thiazole rings is 1. The van der Waals surface area contributed by atoms with Crippen molar-refractivity contribution in [2.45, 2.75) is 61.3 Å². The molecule has 3 rings (SSSR count). The zero-order valence-electron chi connectivity index (χ0n) is 18.1. The summed E-state index contributed by atoms with van der Waals surface area (Å²) in [5.41, 5.74) is 15.3. The van der Waals surface area contributed by atoms with E-state index in [0.717, 1.165) is 51.0 Å². The largest absolute Gasteiger partial charge is 0.398 e. The van der Waals surface area contributed by atoms with Crippen LogP contribution >= 0.6 is 11.3 Å². The molecule has 5 heteroatoms. The van der Waals surface area contributed by atoms with Crippen molar-refractivity contribution in [3.8, 4) is 0 Å². The molecular formula is C23H32N4S. The second kappa shape index (κ2) is 8.08. The average Bonchev–Trinajstić information content (AvgIpc) is 2.98. The monoisotopic (exact) mass is 396 g/mol. The van der Waals surface area contributed by atoms with Crippen molar-refractivity contribution < 1.29 is 0 Å². The second-order valence-corrected chi connectivity index (χ2v) is 9.66. The first kappa shape index (κ1) is 20.6. The summed E-state index contributed by atoms with van der Waals surface area (Å²) in [6.45, 7) is 15.2. The molecule has 3 aromatic rings. The smallest absolute Gasteiger partial charge is 0.188 e. The van der Waals surface area contributed by atoms with Gasteiger partial charge in [-0.1, -0.05) is 39.0 Å². The van der Waals surface area contributed by atoms with E-state index in [0.29, 0.717) is 11.8 Å². The van der Waals surface area contributed by atoms with E-state index >= 15 is 0 Å². The van der Waals surface area contributed by atoms with Crippen LogP contribution in [0.15, 0.2) is 12.1 Å². The highest BCUT2D eigenvalue weighted by atomic mass is 32.1. The molecule has 0 aliphatic carbocycles. The van der Waals surface area contributed by atoms with Gasteiger partial charge in [0.15, 0.2) is 5.13 Å². The summed E-state index contributed by atoms with van der Waals surface area (Å²) in [7, 11) is 0. The number of hydrogen-bond acceptors (Lipinski definition) is 5. The third kappa shape index (κ3) is 4.30. The predicted molar refractivity (Wildman–Crippen MR) is 123 cm³/mol. The van der Waals surface area contributed by atoms with Gasteiger partial charge in [0, 0.05) is 5.69 Å². The maximum absolute atomic E-state index is 6.45. The van der Waals surface area contributed by atoms with Crippen LogP contribution in [-0.4, -0.2) is 9.97 Å². The Morgan fingerprint density at radius 1 is 1.00 bits per heavy atom. The van der Waals surface area contributed by atoms with Crippen molar-refractivity contribution in [2.75, 3.05) is 11.1 Å². The topological polar surface area (TPSA) is 63.8 Å². The second-order valence-electron chi connectivity index (χ2n) is 8.66. The van der Waals surface area contributed by atoms with E-state index in [9.17, 15) is 0 Å². The number of nitrogens with zero attached hydrogens (tertiary/aromatic N) is 2. The van der Waals surface area contributed by atoms with Gasteiger partial charge in [-0.25, -0.2) is 4.98 Å². The van der Waals surface area contributed by atoms with E-state index in [2.05, 4.69) is 57.1 Å². The van der Waals surface area contributed by atoms with Crippen LogP contribution in [0.1, 0.15) is 55.8 Å². The molecule has 150 valence electrons.